The molecule has 2 aromatic rings. The molecule has 0 aliphatic carbocycles. The summed E-state index contributed by atoms with van der Waals surface area (Å²) in [7, 11) is 0. The van der Waals surface area contributed by atoms with Crippen LogP contribution in [0.3, 0.4) is 0 Å². The van der Waals surface area contributed by atoms with Crippen molar-refractivity contribution in [2.24, 2.45) is 0 Å². The zero-order valence-corrected chi connectivity index (χ0v) is 16.0. The molecule has 1 aliphatic rings. The van der Waals surface area contributed by atoms with Crippen LogP contribution in [0, 0.1) is 10.1 Å². The normalized spacial score (nSPS) is 15.5. The third-order valence-electron chi connectivity index (χ3n) is 4.71. The Morgan fingerprint density at radius 3 is 2.48 bits per heavy atom. The van der Waals surface area contributed by atoms with Crippen LogP contribution in [0.4, 0.5) is 5.69 Å². The first kappa shape index (κ1) is 19.6. The van der Waals surface area contributed by atoms with E-state index >= 15 is 0 Å². The molecule has 6 nitrogen and oxygen atoms in total. The van der Waals surface area contributed by atoms with Gasteiger partial charge in [-0.25, -0.2) is 0 Å². The number of benzene rings is 2. The highest BCUT2D eigenvalue weighted by Crippen LogP contribution is 2.30. The van der Waals surface area contributed by atoms with E-state index in [2.05, 4.69) is 10.2 Å². The number of nitro groups is 1. The molecule has 1 atom stereocenters. The summed E-state index contributed by atoms with van der Waals surface area (Å²) in [5, 5.41) is 14.4. The van der Waals surface area contributed by atoms with Crippen LogP contribution < -0.4 is 5.32 Å². The maximum absolute atomic E-state index is 12.6. The molecule has 0 bridgehead atoms. The van der Waals surface area contributed by atoms with Gasteiger partial charge >= 0.3 is 0 Å². The number of carbonyl (C=O) groups excluding carboxylic acids is 1. The monoisotopic (exact) mass is 407 g/mol. The van der Waals surface area contributed by atoms with E-state index in [4.69, 9.17) is 23.2 Å². The van der Waals surface area contributed by atoms with E-state index in [0.29, 0.717) is 11.6 Å². The molecule has 1 heterocycles. The van der Waals surface area contributed by atoms with E-state index in [1.165, 1.54) is 18.2 Å². The van der Waals surface area contributed by atoms with Gasteiger partial charge in [0.2, 0.25) is 0 Å². The van der Waals surface area contributed by atoms with Gasteiger partial charge in [0.05, 0.1) is 21.6 Å². The molecular formula is C19H19Cl2N3O3. The minimum absolute atomic E-state index is 0.0398. The second-order valence-electron chi connectivity index (χ2n) is 6.41. The maximum Gasteiger partial charge on any atom is 0.270 e. The van der Waals surface area contributed by atoms with Crippen molar-refractivity contribution >= 4 is 34.8 Å². The summed E-state index contributed by atoms with van der Waals surface area (Å²) in [6.45, 7) is 2.27. The van der Waals surface area contributed by atoms with Crippen LogP contribution in [-0.2, 0) is 0 Å². The fourth-order valence-corrected chi connectivity index (χ4v) is 3.84. The number of carbonyl (C=O) groups is 1. The molecule has 1 unspecified atom stereocenters. The van der Waals surface area contributed by atoms with Crippen LogP contribution in [0.5, 0.6) is 0 Å². The van der Waals surface area contributed by atoms with Gasteiger partial charge in [-0.2, -0.15) is 0 Å². The average Bonchev–Trinajstić information content (AvgIpc) is 3.17. The summed E-state index contributed by atoms with van der Waals surface area (Å²) < 4.78 is 0. The zero-order chi connectivity index (χ0) is 19.4. The molecule has 2 aromatic carbocycles. The smallest absolute Gasteiger partial charge is 0.270 e. The predicted octanol–water partition coefficient (Wildman–Crippen LogP) is 4.47. The first-order valence-corrected chi connectivity index (χ1v) is 9.43. The number of nitrogens with zero attached hydrogens (tertiary/aromatic N) is 2. The highest BCUT2D eigenvalue weighted by atomic mass is 35.5. The van der Waals surface area contributed by atoms with Crippen molar-refractivity contribution in [3.63, 3.8) is 0 Å². The number of non-ortho nitro benzene ring substituents is 1. The van der Waals surface area contributed by atoms with Crippen LogP contribution in [-0.4, -0.2) is 35.4 Å². The quantitative estimate of drug-likeness (QED) is 0.565. The lowest BCUT2D eigenvalue weighted by molar-refractivity contribution is -0.384. The molecule has 3 rings (SSSR count). The number of rotatable bonds is 6. The second kappa shape index (κ2) is 8.69. The highest BCUT2D eigenvalue weighted by Gasteiger charge is 2.26. The molecule has 1 aliphatic heterocycles. The van der Waals surface area contributed by atoms with Gasteiger partial charge in [-0.15, -0.1) is 0 Å². The van der Waals surface area contributed by atoms with Crippen molar-refractivity contribution in [3.05, 3.63) is 73.8 Å². The molecule has 142 valence electrons. The third kappa shape index (κ3) is 4.58. The van der Waals surface area contributed by atoms with Crippen molar-refractivity contribution in [3.8, 4) is 0 Å². The van der Waals surface area contributed by atoms with Gasteiger partial charge in [-0.3, -0.25) is 19.8 Å². The number of hydrogen-bond acceptors (Lipinski definition) is 4. The van der Waals surface area contributed by atoms with E-state index < -0.39 is 4.92 Å². The second-order valence-corrected chi connectivity index (χ2v) is 7.23. The third-order valence-corrected chi connectivity index (χ3v) is 5.37. The number of amides is 1. The van der Waals surface area contributed by atoms with E-state index in [1.54, 1.807) is 0 Å². The first-order valence-electron chi connectivity index (χ1n) is 8.68. The molecule has 1 saturated heterocycles. The highest BCUT2D eigenvalue weighted by molar-refractivity contribution is 6.34. The molecule has 0 saturated carbocycles. The van der Waals surface area contributed by atoms with Crippen LogP contribution in [0.15, 0.2) is 42.5 Å². The Hall–Kier alpha value is -2.15. The summed E-state index contributed by atoms with van der Waals surface area (Å²) in [4.78, 5) is 25.1. The minimum atomic E-state index is -0.547. The molecule has 1 amide bonds. The van der Waals surface area contributed by atoms with Crippen LogP contribution >= 0.6 is 23.2 Å². The molecule has 1 fully saturated rings. The molecular weight excluding hydrogens is 389 g/mol. The van der Waals surface area contributed by atoms with Crippen LogP contribution in [0.25, 0.3) is 0 Å². The van der Waals surface area contributed by atoms with Crippen molar-refractivity contribution in [1.82, 2.24) is 10.2 Å². The molecule has 0 spiro atoms. The van der Waals surface area contributed by atoms with Gasteiger partial charge in [-0.05, 0) is 43.6 Å². The maximum atomic E-state index is 12.6. The number of likely N-dealkylation sites (tertiary alicyclic amines) is 1. The molecule has 0 aromatic heterocycles. The lowest BCUT2D eigenvalue weighted by Crippen LogP contribution is -2.37. The largest absolute Gasteiger partial charge is 0.350 e. The van der Waals surface area contributed by atoms with Crippen molar-refractivity contribution in [2.45, 2.75) is 18.9 Å². The van der Waals surface area contributed by atoms with E-state index in [-0.39, 0.29) is 28.2 Å². The lowest BCUT2D eigenvalue weighted by atomic mass is 10.0. The topological polar surface area (TPSA) is 75.5 Å². The van der Waals surface area contributed by atoms with Crippen molar-refractivity contribution in [1.29, 1.82) is 0 Å². The fraction of sp³-hybridized carbons (Fsp3) is 0.316. The summed E-state index contributed by atoms with van der Waals surface area (Å²) in [6, 6.07) is 11.4. The molecule has 27 heavy (non-hydrogen) atoms. The van der Waals surface area contributed by atoms with Crippen LogP contribution in [0.1, 0.15) is 34.8 Å². The Labute approximate surface area is 167 Å². The zero-order valence-electron chi connectivity index (χ0n) is 14.5. The fourth-order valence-electron chi connectivity index (χ4n) is 3.32. The molecule has 8 heteroatoms. The average molecular weight is 408 g/mol. The van der Waals surface area contributed by atoms with Gasteiger partial charge < -0.3 is 5.32 Å². The summed E-state index contributed by atoms with van der Waals surface area (Å²) in [5.74, 6) is -0.369. The van der Waals surface area contributed by atoms with E-state index in [0.717, 1.165) is 31.5 Å². The van der Waals surface area contributed by atoms with Gasteiger partial charge in [-0.1, -0.05) is 41.4 Å². The molecule has 1 N–H and O–H groups in total. The van der Waals surface area contributed by atoms with Gasteiger partial charge in [0.25, 0.3) is 11.6 Å². The Kier molecular flexibility index (Phi) is 6.31. The van der Waals surface area contributed by atoms with Crippen molar-refractivity contribution in [2.75, 3.05) is 19.6 Å². The number of nitro benzene ring substituents is 1. The van der Waals surface area contributed by atoms with E-state index in [9.17, 15) is 14.9 Å². The first-order chi connectivity index (χ1) is 13.0. The van der Waals surface area contributed by atoms with E-state index in [1.807, 2.05) is 24.3 Å². The standard InChI is InChI=1S/C19H19Cl2N3O3/c20-16-6-2-1-5-14(16)18(23-9-3-4-10-23)12-22-19(25)15-8-7-13(24(26)27)11-17(15)21/h1-2,5-8,11,18H,3-4,9-10,12H2,(H,22,25). The lowest BCUT2D eigenvalue weighted by Gasteiger charge is -2.29. The summed E-state index contributed by atoms with van der Waals surface area (Å²) in [5.41, 5.74) is 1.03. The summed E-state index contributed by atoms with van der Waals surface area (Å²) >= 11 is 12.4. The Balaban J connectivity index is 1.76. The Morgan fingerprint density at radius 1 is 1.15 bits per heavy atom. The number of halogens is 2. The minimum Gasteiger partial charge on any atom is -0.350 e. The van der Waals surface area contributed by atoms with Crippen molar-refractivity contribution < 1.29 is 9.72 Å². The predicted molar refractivity (Wildman–Crippen MR) is 105 cm³/mol. The van der Waals surface area contributed by atoms with Gasteiger partial charge in [0.15, 0.2) is 0 Å². The van der Waals surface area contributed by atoms with Crippen LogP contribution in [0.2, 0.25) is 10.0 Å². The van der Waals surface area contributed by atoms with Gasteiger partial charge in [0, 0.05) is 23.7 Å². The Bertz CT molecular complexity index is 854. The Morgan fingerprint density at radius 2 is 1.85 bits per heavy atom. The summed E-state index contributed by atoms with van der Waals surface area (Å²) in [6.07, 6.45) is 2.23. The molecule has 0 radical (unpaired) electrons. The SMILES string of the molecule is O=C(NCC(c1ccccc1Cl)N1CCCC1)c1ccc([N+](=O)[O-])cc1Cl. The van der Waals surface area contributed by atoms with Gasteiger partial charge in [0.1, 0.15) is 0 Å². The number of hydrogen-bond donors (Lipinski definition) is 1. The number of nitrogens with one attached hydrogen (secondary N) is 1.